The zero-order valence-electron chi connectivity index (χ0n) is 17.7. The molecule has 8 nitrogen and oxygen atoms in total. The smallest absolute Gasteiger partial charge is 0.258 e. The number of nitriles is 1. The van der Waals surface area contributed by atoms with E-state index in [9.17, 15) is 13.2 Å². The maximum absolute atomic E-state index is 12.9. The number of hydrogen-bond acceptors (Lipinski definition) is 6. The Hall–Kier alpha value is -4.29. The van der Waals surface area contributed by atoms with Crippen LogP contribution in [0.5, 0.6) is 0 Å². The zero-order valence-corrected chi connectivity index (χ0v) is 18.6. The number of nitrogens with zero attached hydrogens (tertiary/aromatic N) is 2. The number of carbonyl (C=O) groups is 1. The summed E-state index contributed by atoms with van der Waals surface area (Å²) in [5.74, 6) is -0.254. The maximum atomic E-state index is 12.9. The van der Waals surface area contributed by atoms with E-state index >= 15 is 0 Å². The van der Waals surface area contributed by atoms with Crippen molar-refractivity contribution in [2.45, 2.75) is 0 Å². The van der Waals surface area contributed by atoms with Gasteiger partial charge in [0, 0.05) is 22.6 Å². The van der Waals surface area contributed by atoms with Crippen molar-refractivity contribution in [3.8, 4) is 6.07 Å². The minimum absolute atomic E-state index is 0.254. The van der Waals surface area contributed by atoms with Gasteiger partial charge in [-0.05, 0) is 48.0 Å². The average molecular weight is 460 g/mol. The van der Waals surface area contributed by atoms with Crippen LogP contribution in [0.25, 0.3) is 11.3 Å². The van der Waals surface area contributed by atoms with E-state index in [1.165, 1.54) is 0 Å². The maximum Gasteiger partial charge on any atom is 0.258 e. The Morgan fingerprint density at radius 2 is 1.79 bits per heavy atom. The molecule has 0 fully saturated rings. The predicted molar refractivity (Wildman–Crippen MR) is 131 cm³/mol. The number of rotatable bonds is 6. The molecule has 3 aromatic carbocycles. The fourth-order valence-corrected chi connectivity index (χ4v) is 4.43. The first-order valence-electron chi connectivity index (χ1n) is 10.0. The standard InChI is InChI=1S/C24H21N5O3S/c1-33(31,32)29(14-13-25)19-10-8-18(9-11-19)27-23(16-5-3-2-4-6-16)22-20-15-17(26)7-12-21(20)28-24(22)30/h2-12,15,27H,14,26H2,1H3,(H,28,30)/b23-22-. The number of anilines is 4. The fourth-order valence-electron chi connectivity index (χ4n) is 3.64. The molecule has 0 unspecified atom stereocenters. The summed E-state index contributed by atoms with van der Waals surface area (Å²) >= 11 is 0. The Balaban J connectivity index is 1.78. The monoisotopic (exact) mass is 459 g/mol. The van der Waals surface area contributed by atoms with Crippen LogP contribution in [0.3, 0.4) is 0 Å². The van der Waals surface area contributed by atoms with Gasteiger partial charge in [-0.1, -0.05) is 30.3 Å². The average Bonchev–Trinajstić information content (AvgIpc) is 3.11. The number of nitrogens with two attached hydrogens (primary N) is 1. The van der Waals surface area contributed by atoms with E-state index in [4.69, 9.17) is 11.0 Å². The first-order chi connectivity index (χ1) is 15.8. The van der Waals surface area contributed by atoms with Crippen LogP contribution in [0.4, 0.5) is 22.7 Å². The molecule has 1 aliphatic heterocycles. The molecular weight excluding hydrogens is 438 g/mol. The van der Waals surface area contributed by atoms with Gasteiger partial charge in [0.05, 0.1) is 29.3 Å². The molecule has 0 spiro atoms. The predicted octanol–water partition coefficient (Wildman–Crippen LogP) is 3.49. The summed E-state index contributed by atoms with van der Waals surface area (Å²) in [6, 6.07) is 23.1. The van der Waals surface area contributed by atoms with Crippen molar-refractivity contribution in [2.75, 3.05) is 33.5 Å². The molecule has 0 atom stereocenters. The second-order valence-corrected chi connectivity index (χ2v) is 9.38. The minimum atomic E-state index is -3.60. The van der Waals surface area contributed by atoms with Crippen molar-refractivity contribution in [2.24, 2.45) is 0 Å². The number of hydrogen-bond donors (Lipinski definition) is 3. The van der Waals surface area contributed by atoms with Crippen LogP contribution in [0.2, 0.25) is 0 Å². The van der Waals surface area contributed by atoms with Crippen LogP contribution in [-0.2, 0) is 14.8 Å². The highest BCUT2D eigenvalue weighted by molar-refractivity contribution is 7.92. The van der Waals surface area contributed by atoms with E-state index in [0.717, 1.165) is 16.1 Å². The Morgan fingerprint density at radius 3 is 2.42 bits per heavy atom. The largest absolute Gasteiger partial charge is 0.399 e. The molecule has 1 aliphatic rings. The van der Waals surface area contributed by atoms with Gasteiger partial charge in [0.2, 0.25) is 10.0 Å². The van der Waals surface area contributed by atoms with Gasteiger partial charge in [-0.3, -0.25) is 9.10 Å². The lowest BCUT2D eigenvalue weighted by Gasteiger charge is -2.20. The van der Waals surface area contributed by atoms with Gasteiger partial charge in [-0.15, -0.1) is 0 Å². The molecule has 166 valence electrons. The molecule has 3 aromatic rings. The third-order valence-corrected chi connectivity index (χ3v) is 6.28. The van der Waals surface area contributed by atoms with E-state index in [1.807, 2.05) is 36.4 Å². The summed E-state index contributed by atoms with van der Waals surface area (Å²) in [6.45, 7) is -0.288. The molecular formula is C24H21N5O3S. The summed E-state index contributed by atoms with van der Waals surface area (Å²) < 4.78 is 25.1. The molecule has 0 saturated carbocycles. The summed E-state index contributed by atoms with van der Waals surface area (Å²) in [4.78, 5) is 12.9. The number of nitrogen functional groups attached to an aromatic ring is 1. The first-order valence-corrected chi connectivity index (χ1v) is 11.9. The number of carbonyl (C=O) groups excluding carboxylic acids is 1. The van der Waals surface area contributed by atoms with Gasteiger partial charge >= 0.3 is 0 Å². The molecule has 0 radical (unpaired) electrons. The van der Waals surface area contributed by atoms with Crippen molar-refractivity contribution in [1.29, 1.82) is 5.26 Å². The van der Waals surface area contributed by atoms with Crippen LogP contribution in [0, 0.1) is 11.3 Å². The highest BCUT2D eigenvalue weighted by atomic mass is 32.2. The lowest BCUT2D eigenvalue weighted by Crippen LogP contribution is -2.30. The van der Waals surface area contributed by atoms with Gasteiger partial charge in [0.15, 0.2) is 0 Å². The molecule has 9 heteroatoms. The third kappa shape index (κ3) is 4.51. The molecule has 4 rings (SSSR count). The SMILES string of the molecule is CS(=O)(=O)N(CC#N)c1ccc(N/C(=C2\C(=O)Nc3ccc(N)cc32)c2ccccc2)cc1. The second kappa shape index (κ2) is 8.68. The summed E-state index contributed by atoms with van der Waals surface area (Å²) in [7, 11) is -3.60. The van der Waals surface area contributed by atoms with E-state index in [2.05, 4.69) is 10.6 Å². The van der Waals surface area contributed by atoms with Gasteiger partial charge in [0.25, 0.3) is 5.91 Å². The lowest BCUT2D eigenvalue weighted by molar-refractivity contribution is -0.110. The molecule has 0 aromatic heterocycles. The molecule has 0 aliphatic carbocycles. The summed E-state index contributed by atoms with van der Waals surface area (Å²) in [5.41, 5.74) is 10.7. The van der Waals surface area contributed by atoms with Gasteiger partial charge < -0.3 is 16.4 Å². The number of benzene rings is 3. The number of nitrogens with one attached hydrogen (secondary N) is 2. The minimum Gasteiger partial charge on any atom is -0.399 e. The van der Waals surface area contributed by atoms with Crippen molar-refractivity contribution in [1.82, 2.24) is 0 Å². The fraction of sp³-hybridized carbons (Fsp3) is 0.0833. The molecule has 33 heavy (non-hydrogen) atoms. The quantitative estimate of drug-likeness (QED) is 0.294. The molecule has 0 saturated heterocycles. The van der Waals surface area contributed by atoms with Crippen LogP contribution in [0.15, 0.2) is 72.8 Å². The molecule has 1 heterocycles. The van der Waals surface area contributed by atoms with Gasteiger partial charge in [-0.2, -0.15) is 5.26 Å². The van der Waals surface area contributed by atoms with Crippen LogP contribution in [-0.4, -0.2) is 27.1 Å². The number of sulfonamides is 1. The molecule has 0 bridgehead atoms. The lowest BCUT2D eigenvalue weighted by atomic mass is 9.99. The number of amides is 1. The second-order valence-electron chi connectivity index (χ2n) is 7.47. The van der Waals surface area contributed by atoms with Gasteiger partial charge in [-0.25, -0.2) is 8.42 Å². The van der Waals surface area contributed by atoms with E-state index in [1.54, 1.807) is 42.5 Å². The third-order valence-electron chi connectivity index (χ3n) is 5.14. The highest BCUT2D eigenvalue weighted by Gasteiger charge is 2.28. The van der Waals surface area contributed by atoms with Crippen molar-refractivity contribution < 1.29 is 13.2 Å². The number of fused-ring (bicyclic) bond motifs is 1. The van der Waals surface area contributed by atoms with Crippen LogP contribution in [0.1, 0.15) is 11.1 Å². The Kier molecular flexibility index (Phi) is 5.77. The van der Waals surface area contributed by atoms with E-state index in [0.29, 0.717) is 39.6 Å². The van der Waals surface area contributed by atoms with Gasteiger partial charge in [0.1, 0.15) is 6.54 Å². The van der Waals surface area contributed by atoms with E-state index < -0.39 is 10.0 Å². The summed E-state index contributed by atoms with van der Waals surface area (Å²) in [6.07, 6.45) is 1.05. The molecule has 4 N–H and O–H groups in total. The molecule has 1 amide bonds. The van der Waals surface area contributed by atoms with Crippen molar-refractivity contribution in [3.63, 3.8) is 0 Å². The van der Waals surface area contributed by atoms with E-state index in [-0.39, 0.29) is 12.5 Å². The van der Waals surface area contributed by atoms with Crippen LogP contribution < -0.4 is 20.7 Å². The van der Waals surface area contributed by atoms with Crippen LogP contribution >= 0.6 is 0 Å². The highest BCUT2D eigenvalue weighted by Crippen LogP contribution is 2.38. The Labute approximate surface area is 192 Å². The Morgan fingerprint density at radius 1 is 1.09 bits per heavy atom. The Bertz CT molecular complexity index is 1390. The first kappa shape index (κ1) is 21.9. The normalized spacial score (nSPS) is 14.1. The van der Waals surface area contributed by atoms with Crippen molar-refractivity contribution in [3.05, 3.63) is 83.9 Å². The van der Waals surface area contributed by atoms with Crippen molar-refractivity contribution >= 4 is 50.0 Å². The summed E-state index contributed by atoms with van der Waals surface area (Å²) in [5, 5.41) is 15.2. The zero-order chi connectivity index (χ0) is 23.6. The topological polar surface area (TPSA) is 128 Å².